The van der Waals surface area contributed by atoms with Crippen molar-refractivity contribution in [3.63, 3.8) is 0 Å². The van der Waals surface area contributed by atoms with Crippen molar-refractivity contribution in [2.75, 3.05) is 18.2 Å². The standard InChI is InChI=1S/C21H17Cl2N5O2S/c1-30-12-4-5-13(15(22)9-12)14-3-2-8-28-17(14)10-27(21(28)31)11-19(29)25-16-6-7-18(23)26-20(16)24/h2-10H,11H2,1H3,(H2,24,26)(H,25,29). The second-order valence-electron chi connectivity index (χ2n) is 6.68. The third-order valence-electron chi connectivity index (χ3n) is 4.71. The van der Waals surface area contributed by atoms with Gasteiger partial charge in [-0.1, -0.05) is 29.3 Å². The Morgan fingerprint density at radius 2 is 2.03 bits per heavy atom. The molecule has 4 rings (SSSR count). The highest BCUT2D eigenvalue weighted by Gasteiger charge is 2.14. The van der Waals surface area contributed by atoms with Crippen LogP contribution in [-0.2, 0) is 11.3 Å². The molecule has 0 aliphatic heterocycles. The molecule has 10 heteroatoms. The topological polar surface area (TPSA) is 86.6 Å². The fourth-order valence-electron chi connectivity index (χ4n) is 3.24. The van der Waals surface area contributed by atoms with Crippen molar-refractivity contribution in [2.24, 2.45) is 0 Å². The Morgan fingerprint density at radius 1 is 1.23 bits per heavy atom. The van der Waals surface area contributed by atoms with E-state index in [1.807, 2.05) is 41.1 Å². The minimum atomic E-state index is -0.299. The van der Waals surface area contributed by atoms with E-state index in [-0.39, 0.29) is 23.4 Å². The van der Waals surface area contributed by atoms with Gasteiger partial charge < -0.3 is 20.4 Å². The molecule has 1 amide bonds. The maximum absolute atomic E-state index is 12.6. The molecular formula is C21H17Cl2N5O2S. The lowest BCUT2D eigenvalue weighted by atomic mass is 10.1. The van der Waals surface area contributed by atoms with E-state index in [1.54, 1.807) is 29.9 Å². The van der Waals surface area contributed by atoms with Gasteiger partial charge in [-0.15, -0.1) is 0 Å². The molecule has 0 radical (unpaired) electrons. The molecule has 0 saturated carbocycles. The van der Waals surface area contributed by atoms with Crippen molar-refractivity contribution in [1.29, 1.82) is 0 Å². The van der Waals surface area contributed by atoms with Crippen molar-refractivity contribution >= 4 is 58.3 Å². The van der Waals surface area contributed by atoms with Crippen LogP contribution in [0.25, 0.3) is 16.6 Å². The van der Waals surface area contributed by atoms with E-state index in [2.05, 4.69) is 10.3 Å². The predicted molar refractivity (Wildman–Crippen MR) is 126 cm³/mol. The first kappa shape index (κ1) is 21.2. The van der Waals surface area contributed by atoms with Crippen LogP contribution in [0, 0.1) is 4.77 Å². The smallest absolute Gasteiger partial charge is 0.244 e. The van der Waals surface area contributed by atoms with Crippen LogP contribution in [0.4, 0.5) is 11.5 Å². The Bertz CT molecular complexity index is 1370. The van der Waals surface area contributed by atoms with E-state index >= 15 is 0 Å². The zero-order chi connectivity index (χ0) is 22.1. The first-order valence-corrected chi connectivity index (χ1v) is 10.3. The Balaban J connectivity index is 1.67. The Kier molecular flexibility index (Phi) is 5.86. The summed E-state index contributed by atoms with van der Waals surface area (Å²) in [5, 5.41) is 3.53. The van der Waals surface area contributed by atoms with E-state index < -0.39 is 0 Å². The molecule has 3 heterocycles. The summed E-state index contributed by atoms with van der Waals surface area (Å²) in [6.07, 6.45) is 3.66. The van der Waals surface area contributed by atoms with E-state index in [4.69, 9.17) is 45.9 Å². The van der Waals surface area contributed by atoms with Crippen LogP contribution in [-0.4, -0.2) is 27.0 Å². The van der Waals surface area contributed by atoms with Crippen molar-refractivity contribution < 1.29 is 9.53 Å². The van der Waals surface area contributed by atoms with E-state index in [0.29, 0.717) is 21.2 Å². The highest BCUT2D eigenvalue weighted by Crippen LogP contribution is 2.34. The molecule has 158 valence electrons. The van der Waals surface area contributed by atoms with E-state index in [9.17, 15) is 4.79 Å². The van der Waals surface area contributed by atoms with Gasteiger partial charge in [0.25, 0.3) is 0 Å². The lowest BCUT2D eigenvalue weighted by Gasteiger charge is -2.08. The van der Waals surface area contributed by atoms with Crippen LogP contribution in [0.15, 0.2) is 54.9 Å². The molecule has 0 atom stereocenters. The van der Waals surface area contributed by atoms with Gasteiger partial charge in [-0.25, -0.2) is 4.98 Å². The summed E-state index contributed by atoms with van der Waals surface area (Å²) >= 11 is 17.9. The molecule has 4 aromatic rings. The van der Waals surface area contributed by atoms with Gasteiger partial charge in [0.15, 0.2) is 4.77 Å². The van der Waals surface area contributed by atoms with Crippen molar-refractivity contribution in [1.82, 2.24) is 14.0 Å². The Morgan fingerprint density at radius 3 is 2.74 bits per heavy atom. The minimum absolute atomic E-state index is 0.00162. The minimum Gasteiger partial charge on any atom is -0.497 e. The number of methoxy groups -OCH3 is 1. The Labute approximate surface area is 193 Å². The third kappa shape index (κ3) is 4.23. The van der Waals surface area contributed by atoms with Gasteiger partial charge in [-0.2, -0.15) is 0 Å². The van der Waals surface area contributed by atoms with Crippen molar-refractivity contribution in [3.8, 4) is 16.9 Å². The molecule has 3 aromatic heterocycles. The van der Waals surface area contributed by atoms with Gasteiger partial charge in [0, 0.05) is 23.5 Å². The number of anilines is 2. The SMILES string of the molecule is COc1ccc(-c2cccn3c(=S)n(CC(=O)Nc4ccc(Cl)nc4N)cc23)c(Cl)c1. The average Bonchev–Trinajstić information content (AvgIpc) is 3.05. The largest absolute Gasteiger partial charge is 0.497 e. The summed E-state index contributed by atoms with van der Waals surface area (Å²) in [5.74, 6) is 0.512. The molecule has 0 aliphatic rings. The number of fused-ring (bicyclic) bond motifs is 1. The summed E-state index contributed by atoms with van der Waals surface area (Å²) < 4.78 is 9.21. The number of ether oxygens (including phenoxy) is 1. The average molecular weight is 474 g/mol. The van der Waals surface area contributed by atoms with Crippen LogP contribution in [0.5, 0.6) is 5.75 Å². The molecule has 0 fully saturated rings. The maximum atomic E-state index is 12.6. The molecule has 0 spiro atoms. The van der Waals surface area contributed by atoms with E-state index in [1.165, 1.54) is 0 Å². The normalized spacial score (nSPS) is 10.9. The molecule has 3 N–H and O–H groups in total. The number of pyridine rings is 2. The first-order valence-electron chi connectivity index (χ1n) is 9.13. The monoisotopic (exact) mass is 473 g/mol. The second-order valence-corrected chi connectivity index (χ2v) is 7.84. The number of hydrogen-bond donors (Lipinski definition) is 2. The van der Waals surface area contributed by atoms with Crippen molar-refractivity contribution in [3.05, 3.63) is 69.8 Å². The van der Waals surface area contributed by atoms with Gasteiger partial charge in [-0.05, 0) is 48.6 Å². The molecule has 1 aromatic carbocycles. The number of halogens is 2. The number of nitrogens with zero attached hydrogens (tertiary/aromatic N) is 3. The summed E-state index contributed by atoms with van der Waals surface area (Å²) in [6.45, 7) is -0.00162. The molecule has 0 bridgehead atoms. The fraction of sp³-hybridized carbons (Fsp3) is 0.0952. The molecular weight excluding hydrogens is 457 g/mol. The van der Waals surface area contributed by atoms with Gasteiger partial charge in [0.1, 0.15) is 23.3 Å². The summed E-state index contributed by atoms with van der Waals surface area (Å²) in [4.78, 5) is 16.5. The Hall–Kier alpha value is -3.07. The number of amides is 1. The number of nitrogens with one attached hydrogen (secondary N) is 1. The van der Waals surface area contributed by atoms with Crippen molar-refractivity contribution in [2.45, 2.75) is 6.54 Å². The number of rotatable bonds is 5. The van der Waals surface area contributed by atoms with Crippen LogP contribution >= 0.6 is 35.4 Å². The first-order chi connectivity index (χ1) is 14.9. The number of carbonyl (C=O) groups is 1. The molecule has 7 nitrogen and oxygen atoms in total. The number of aromatic nitrogens is 3. The zero-order valence-corrected chi connectivity index (χ0v) is 18.6. The number of imidazole rings is 1. The summed E-state index contributed by atoms with van der Waals surface area (Å²) in [7, 11) is 1.59. The molecule has 31 heavy (non-hydrogen) atoms. The van der Waals surface area contributed by atoms with Gasteiger partial charge in [0.05, 0.1) is 23.3 Å². The lowest BCUT2D eigenvalue weighted by molar-refractivity contribution is -0.116. The number of benzene rings is 1. The number of carbonyl (C=O) groups excluding carboxylic acids is 1. The van der Waals surface area contributed by atoms with Crippen LogP contribution in [0.2, 0.25) is 10.2 Å². The number of nitrogens with two attached hydrogens (primary N) is 1. The van der Waals surface area contributed by atoms with Crippen LogP contribution in [0.1, 0.15) is 0 Å². The number of nitrogen functional groups attached to an aromatic ring is 1. The van der Waals surface area contributed by atoms with Crippen LogP contribution < -0.4 is 15.8 Å². The summed E-state index contributed by atoms with van der Waals surface area (Å²) in [6, 6.07) is 12.5. The molecule has 0 aliphatic carbocycles. The van der Waals surface area contributed by atoms with Gasteiger partial charge >= 0.3 is 0 Å². The highest BCUT2D eigenvalue weighted by molar-refractivity contribution is 7.71. The lowest BCUT2D eigenvalue weighted by Crippen LogP contribution is -2.19. The maximum Gasteiger partial charge on any atom is 0.244 e. The third-order valence-corrected chi connectivity index (χ3v) is 5.66. The molecule has 0 saturated heterocycles. The zero-order valence-electron chi connectivity index (χ0n) is 16.3. The predicted octanol–water partition coefficient (Wildman–Crippen LogP) is 5.07. The highest BCUT2D eigenvalue weighted by atomic mass is 35.5. The van der Waals surface area contributed by atoms with Crippen LogP contribution in [0.3, 0.4) is 0 Å². The van der Waals surface area contributed by atoms with Gasteiger partial charge in [-0.3, -0.25) is 9.20 Å². The summed E-state index contributed by atoms with van der Waals surface area (Å²) in [5.41, 5.74) is 8.73. The van der Waals surface area contributed by atoms with Gasteiger partial charge in [0.2, 0.25) is 5.91 Å². The fourth-order valence-corrected chi connectivity index (χ4v) is 3.95. The quantitative estimate of drug-likeness (QED) is 0.312. The second kappa shape index (κ2) is 8.58. The molecule has 0 unspecified atom stereocenters. The number of hydrogen-bond acceptors (Lipinski definition) is 5. The van der Waals surface area contributed by atoms with E-state index in [0.717, 1.165) is 16.6 Å².